The molecule has 2 atom stereocenters. The molecule has 7 heteroatoms. The summed E-state index contributed by atoms with van der Waals surface area (Å²) >= 11 is 0. The van der Waals surface area contributed by atoms with E-state index in [4.69, 9.17) is 14.5 Å². The molecule has 1 aliphatic rings. The number of aromatic nitrogens is 2. The van der Waals surface area contributed by atoms with Gasteiger partial charge in [0.2, 0.25) is 5.91 Å². The van der Waals surface area contributed by atoms with Gasteiger partial charge in [-0.15, -0.1) is 0 Å². The normalized spacial score (nSPS) is 16.4. The largest absolute Gasteiger partial charge is 0.494 e. The molecule has 1 aliphatic heterocycles. The lowest BCUT2D eigenvalue weighted by Crippen LogP contribution is -2.26. The van der Waals surface area contributed by atoms with E-state index in [0.717, 1.165) is 45.2 Å². The Kier molecular flexibility index (Phi) is 7.15. The van der Waals surface area contributed by atoms with Crippen molar-refractivity contribution in [1.82, 2.24) is 9.55 Å². The second-order valence-electron chi connectivity index (χ2n) is 9.64. The Morgan fingerprint density at radius 2 is 1.84 bits per heavy atom. The molecule has 0 unspecified atom stereocenters. The molecule has 7 nitrogen and oxygen atoms in total. The summed E-state index contributed by atoms with van der Waals surface area (Å²) in [4.78, 5) is 19.7. The van der Waals surface area contributed by atoms with Crippen LogP contribution in [-0.2, 0) is 11.3 Å². The number of benzene rings is 3. The highest BCUT2D eigenvalue weighted by molar-refractivity contribution is 5.96. The first-order valence-corrected chi connectivity index (χ1v) is 12.8. The van der Waals surface area contributed by atoms with Crippen molar-refractivity contribution in [3.05, 3.63) is 83.7 Å². The highest BCUT2D eigenvalue weighted by atomic mass is 16.5. The fraction of sp³-hybridized carbons (Fsp3) is 0.333. The van der Waals surface area contributed by atoms with Gasteiger partial charge in [-0.3, -0.25) is 4.79 Å². The van der Waals surface area contributed by atoms with E-state index in [0.29, 0.717) is 26.1 Å². The number of imidazole rings is 1. The predicted octanol–water partition coefficient (Wildman–Crippen LogP) is 5.01. The van der Waals surface area contributed by atoms with Crippen LogP contribution in [0.1, 0.15) is 36.2 Å². The average molecular weight is 500 g/mol. The first-order valence-electron chi connectivity index (χ1n) is 12.8. The van der Waals surface area contributed by atoms with Gasteiger partial charge in [-0.2, -0.15) is 0 Å². The molecule has 5 rings (SSSR count). The van der Waals surface area contributed by atoms with Crippen LogP contribution < -0.4 is 14.4 Å². The van der Waals surface area contributed by atoms with E-state index >= 15 is 0 Å². The van der Waals surface area contributed by atoms with Gasteiger partial charge < -0.3 is 24.0 Å². The fourth-order valence-corrected chi connectivity index (χ4v) is 4.93. The minimum absolute atomic E-state index is 0.0616. The molecule has 0 bridgehead atoms. The lowest BCUT2D eigenvalue weighted by molar-refractivity contribution is -0.117. The Morgan fingerprint density at radius 3 is 2.62 bits per heavy atom. The molecule has 2 heterocycles. The second-order valence-corrected chi connectivity index (χ2v) is 9.64. The first kappa shape index (κ1) is 24.8. The molecule has 1 saturated heterocycles. The minimum Gasteiger partial charge on any atom is -0.494 e. The van der Waals surface area contributed by atoms with E-state index in [9.17, 15) is 9.90 Å². The first-order chi connectivity index (χ1) is 17.9. The number of para-hydroxylation sites is 2. The maximum absolute atomic E-state index is 13.0. The number of hydrogen-bond acceptors (Lipinski definition) is 5. The van der Waals surface area contributed by atoms with Crippen LogP contribution in [0.3, 0.4) is 0 Å². The van der Waals surface area contributed by atoms with Gasteiger partial charge in [0.1, 0.15) is 30.0 Å². The summed E-state index contributed by atoms with van der Waals surface area (Å²) < 4.78 is 13.6. The molecule has 1 aromatic heterocycles. The van der Waals surface area contributed by atoms with Gasteiger partial charge in [0.15, 0.2) is 0 Å². The summed E-state index contributed by atoms with van der Waals surface area (Å²) in [7, 11) is 0. The Balaban J connectivity index is 1.36. The van der Waals surface area contributed by atoms with E-state index in [1.807, 2.05) is 97.0 Å². The lowest BCUT2D eigenvalue weighted by Gasteiger charge is -2.19. The predicted molar refractivity (Wildman–Crippen MR) is 144 cm³/mol. The third-order valence-corrected chi connectivity index (χ3v) is 6.80. The van der Waals surface area contributed by atoms with Gasteiger partial charge in [-0.1, -0.05) is 24.3 Å². The Morgan fingerprint density at radius 1 is 1.05 bits per heavy atom. The number of fused-ring (bicyclic) bond motifs is 1. The van der Waals surface area contributed by atoms with Crippen LogP contribution in [0.2, 0.25) is 0 Å². The van der Waals surface area contributed by atoms with Crippen molar-refractivity contribution in [3.63, 3.8) is 0 Å². The number of ether oxygens (including phenoxy) is 2. The van der Waals surface area contributed by atoms with E-state index in [2.05, 4.69) is 0 Å². The molecule has 192 valence electrons. The van der Waals surface area contributed by atoms with Crippen LogP contribution >= 0.6 is 0 Å². The molecular weight excluding hydrogens is 466 g/mol. The number of aliphatic hydroxyl groups excluding tert-OH is 1. The summed E-state index contributed by atoms with van der Waals surface area (Å²) in [6.45, 7) is 7.59. The molecule has 0 saturated carbocycles. The zero-order valence-corrected chi connectivity index (χ0v) is 21.6. The molecule has 0 spiro atoms. The lowest BCUT2D eigenvalue weighted by atomic mass is 10.1. The highest BCUT2D eigenvalue weighted by Crippen LogP contribution is 2.34. The quantitative estimate of drug-likeness (QED) is 0.350. The molecule has 3 aromatic carbocycles. The third-order valence-electron chi connectivity index (χ3n) is 6.80. The molecule has 1 N–H and O–H groups in total. The van der Waals surface area contributed by atoms with Gasteiger partial charge in [-0.25, -0.2) is 4.98 Å². The van der Waals surface area contributed by atoms with Crippen LogP contribution in [0.25, 0.3) is 11.0 Å². The van der Waals surface area contributed by atoms with Crippen molar-refractivity contribution in [1.29, 1.82) is 0 Å². The fourth-order valence-electron chi connectivity index (χ4n) is 4.93. The molecular formula is C30H33N3O4. The van der Waals surface area contributed by atoms with Gasteiger partial charge in [0.05, 0.1) is 24.2 Å². The maximum Gasteiger partial charge on any atom is 0.227 e. The Bertz CT molecular complexity index is 1400. The molecule has 37 heavy (non-hydrogen) atoms. The van der Waals surface area contributed by atoms with Crippen molar-refractivity contribution < 1.29 is 19.4 Å². The molecule has 0 radical (unpaired) electrons. The summed E-state index contributed by atoms with van der Waals surface area (Å²) in [6, 6.07) is 21.6. The zero-order valence-electron chi connectivity index (χ0n) is 21.6. The van der Waals surface area contributed by atoms with Gasteiger partial charge in [0.25, 0.3) is 0 Å². The molecule has 1 amide bonds. The van der Waals surface area contributed by atoms with E-state index in [-0.39, 0.29) is 18.4 Å². The van der Waals surface area contributed by atoms with Crippen molar-refractivity contribution in [3.8, 4) is 11.5 Å². The minimum atomic E-state index is -0.740. The van der Waals surface area contributed by atoms with Crippen molar-refractivity contribution >= 4 is 22.6 Å². The summed E-state index contributed by atoms with van der Waals surface area (Å²) in [5.74, 6) is 2.36. The maximum atomic E-state index is 13.0. The average Bonchev–Trinajstić information content (AvgIpc) is 3.46. The number of carbonyl (C=O) groups is 1. The zero-order chi connectivity index (χ0) is 25.9. The smallest absolute Gasteiger partial charge is 0.227 e. The van der Waals surface area contributed by atoms with E-state index in [1.165, 1.54) is 0 Å². The molecule has 1 fully saturated rings. The highest BCUT2D eigenvalue weighted by Gasteiger charge is 2.35. The van der Waals surface area contributed by atoms with Crippen LogP contribution in [0.5, 0.6) is 11.5 Å². The van der Waals surface area contributed by atoms with E-state index < -0.39 is 6.10 Å². The van der Waals surface area contributed by atoms with Crippen LogP contribution in [-0.4, -0.2) is 46.4 Å². The molecule has 4 aromatic rings. The van der Waals surface area contributed by atoms with E-state index in [1.54, 1.807) is 0 Å². The SMILES string of the molecule is CCOc1ccc(N2C[C@@H](c3nc4ccccc4n3C[C@@H](O)COc3cc(C)ccc3C)CC2=O)cc1. The summed E-state index contributed by atoms with van der Waals surface area (Å²) in [5, 5.41) is 11.0. The van der Waals surface area contributed by atoms with Gasteiger partial charge in [-0.05, 0) is 74.4 Å². The summed E-state index contributed by atoms with van der Waals surface area (Å²) in [5.41, 5.74) is 4.79. The molecule has 0 aliphatic carbocycles. The van der Waals surface area contributed by atoms with Gasteiger partial charge in [0, 0.05) is 24.6 Å². The number of aliphatic hydroxyl groups is 1. The number of hydrogen-bond donors (Lipinski definition) is 1. The monoisotopic (exact) mass is 499 g/mol. The van der Waals surface area contributed by atoms with Gasteiger partial charge >= 0.3 is 0 Å². The standard InChI is InChI=1S/C30H33N3O4/c1-4-36-25-13-11-23(12-14-25)32-17-22(16-29(32)35)30-31-26-7-5-6-8-27(26)33(30)18-24(34)19-37-28-15-20(2)9-10-21(28)3/h5-15,22,24,34H,4,16-19H2,1-3H3/t22-,24+/m0/s1. The number of nitrogens with zero attached hydrogens (tertiary/aromatic N) is 3. The van der Waals surface area contributed by atoms with Crippen LogP contribution in [0, 0.1) is 13.8 Å². The van der Waals surface area contributed by atoms with Crippen molar-refractivity contribution in [2.24, 2.45) is 0 Å². The number of rotatable bonds is 9. The third kappa shape index (κ3) is 5.32. The number of amides is 1. The Labute approximate surface area is 217 Å². The van der Waals surface area contributed by atoms with Crippen molar-refractivity contribution in [2.45, 2.75) is 45.8 Å². The van der Waals surface area contributed by atoms with Crippen LogP contribution in [0.4, 0.5) is 5.69 Å². The Hall–Kier alpha value is -3.84. The number of aryl methyl sites for hydroxylation is 2. The topological polar surface area (TPSA) is 76.8 Å². The second kappa shape index (κ2) is 10.6. The van der Waals surface area contributed by atoms with Crippen molar-refractivity contribution in [2.75, 3.05) is 24.7 Å². The number of carbonyl (C=O) groups excluding carboxylic acids is 1. The number of anilines is 1. The summed E-state index contributed by atoms with van der Waals surface area (Å²) in [6.07, 6.45) is -0.374. The van der Waals surface area contributed by atoms with Crippen LogP contribution in [0.15, 0.2) is 66.7 Å².